The summed E-state index contributed by atoms with van der Waals surface area (Å²) in [5.41, 5.74) is 0.472. The predicted molar refractivity (Wildman–Crippen MR) is 76.9 cm³/mol. The molecular weight excluding hydrogens is 384 g/mol. The molecule has 0 atom stereocenters. The number of hydrogen-bond donors (Lipinski definition) is 1. The molecule has 1 aromatic heterocycles. The molecule has 0 bridgehead atoms. The number of hydrogen-bond acceptors (Lipinski definition) is 3. The van der Waals surface area contributed by atoms with Crippen molar-refractivity contribution in [3.8, 4) is 0 Å². The summed E-state index contributed by atoms with van der Waals surface area (Å²) >= 11 is 6.51. The number of halogens is 2. The molecule has 0 aliphatic heterocycles. The van der Waals surface area contributed by atoms with E-state index in [1.807, 2.05) is 0 Å². The van der Waals surface area contributed by atoms with E-state index in [4.69, 9.17) is 0 Å². The third kappa shape index (κ3) is 3.09. The van der Waals surface area contributed by atoms with Crippen molar-refractivity contribution in [1.29, 1.82) is 0 Å². The summed E-state index contributed by atoms with van der Waals surface area (Å²) in [4.78, 5) is 4.01. The molecule has 0 aliphatic rings. The fourth-order valence-electron chi connectivity index (χ4n) is 1.32. The summed E-state index contributed by atoms with van der Waals surface area (Å²) < 4.78 is 28.1. The van der Waals surface area contributed by atoms with E-state index in [-0.39, 0.29) is 4.90 Å². The second-order valence-corrected chi connectivity index (χ2v) is 6.84. The number of anilines is 1. The number of nitrogens with one attached hydrogen (secondary N) is 1. The lowest BCUT2D eigenvalue weighted by molar-refractivity contribution is 0.600. The number of pyridine rings is 1. The van der Waals surface area contributed by atoms with Crippen LogP contribution in [-0.2, 0) is 10.0 Å². The number of sulfonamides is 1. The molecule has 7 heteroatoms. The molecule has 1 heterocycles. The first-order valence-corrected chi connectivity index (χ1v) is 7.94. The zero-order valence-corrected chi connectivity index (χ0v) is 13.0. The molecule has 0 saturated heterocycles. The van der Waals surface area contributed by atoms with Crippen LogP contribution in [0.3, 0.4) is 0 Å². The molecule has 0 fully saturated rings. The molecule has 0 amide bonds. The smallest absolute Gasteiger partial charge is 0.263 e. The fourth-order valence-corrected chi connectivity index (χ4v) is 4.13. The van der Waals surface area contributed by atoms with Gasteiger partial charge in [-0.15, -0.1) is 0 Å². The normalized spacial score (nSPS) is 11.2. The largest absolute Gasteiger partial charge is 0.279 e. The van der Waals surface area contributed by atoms with E-state index < -0.39 is 10.0 Å². The van der Waals surface area contributed by atoms with Crippen molar-refractivity contribution in [2.75, 3.05) is 4.72 Å². The topological polar surface area (TPSA) is 59.1 Å². The first kappa shape index (κ1) is 13.5. The van der Waals surface area contributed by atoms with Gasteiger partial charge in [-0.25, -0.2) is 8.42 Å². The number of benzene rings is 1. The zero-order valence-electron chi connectivity index (χ0n) is 8.97. The van der Waals surface area contributed by atoms with Gasteiger partial charge in [-0.1, -0.05) is 15.9 Å². The Labute approximate surface area is 122 Å². The van der Waals surface area contributed by atoms with Crippen molar-refractivity contribution in [3.63, 3.8) is 0 Å². The molecule has 0 radical (unpaired) electrons. The molecule has 18 heavy (non-hydrogen) atoms. The highest BCUT2D eigenvalue weighted by Gasteiger charge is 2.17. The summed E-state index contributed by atoms with van der Waals surface area (Å²) in [5.74, 6) is 0. The Morgan fingerprint density at radius 2 is 1.72 bits per heavy atom. The highest BCUT2D eigenvalue weighted by molar-refractivity contribution is 9.11. The van der Waals surface area contributed by atoms with Crippen molar-refractivity contribution < 1.29 is 8.42 Å². The Balaban J connectivity index is 2.37. The molecule has 2 aromatic rings. The van der Waals surface area contributed by atoms with Gasteiger partial charge in [-0.3, -0.25) is 9.71 Å². The van der Waals surface area contributed by atoms with Gasteiger partial charge >= 0.3 is 0 Å². The van der Waals surface area contributed by atoms with E-state index in [2.05, 4.69) is 41.6 Å². The molecule has 94 valence electrons. The van der Waals surface area contributed by atoms with Gasteiger partial charge < -0.3 is 0 Å². The Morgan fingerprint density at radius 1 is 1.06 bits per heavy atom. The first-order valence-electron chi connectivity index (χ1n) is 4.87. The van der Waals surface area contributed by atoms with Crippen LogP contribution in [0.15, 0.2) is 56.6 Å². The van der Waals surface area contributed by atoms with Gasteiger partial charge in [-0.2, -0.15) is 0 Å². The highest BCUT2D eigenvalue weighted by Crippen LogP contribution is 2.27. The molecule has 1 N–H and O–H groups in total. The Kier molecular flexibility index (Phi) is 4.04. The highest BCUT2D eigenvalue weighted by atomic mass is 79.9. The molecular formula is C11H8Br2N2O2S. The standard InChI is InChI=1S/C11H8Br2N2O2S/c12-8-1-2-11(10(13)7-8)18(16,17)15-9-3-5-14-6-4-9/h1-7H,(H,14,15). The van der Waals surface area contributed by atoms with E-state index in [1.54, 1.807) is 24.3 Å². The monoisotopic (exact) mass is 390 g/mol. The van der Waals surface area contributed by atoms with Gasteiger partial charge in [0.25, 0.3) is 10.0 Å². The van der Waals surface area contributed by atoms with E-state index in [9.17, 15) is 8.42 Å². The van der Waals surface area contributed by atoms with Gasteiger partial charge in [0, 0.05) is 21.3 Å². The van der Waals surface area contributed by atoms with Crippen molar-refractivity contribution in [2.45, 2.75) is 4.90 Å². The summed E-state index contributed by atoms with van der Waals surface area (Å²) in [5, 5.41) is 0. The summed E-state index contributed by atoms with van der Waals surface area (Å²) in [6, 6.07) is 8.05. The molecule has 0 aliphatic carbocycles. The maximum Gasteiger partial charge on any atom is 0.263 e. The quantitative estimate of drug-likeness (QED) is 0.872. The zero-order chi connectivity index (χ0) is 13.2. The SMILES string of the molecule is O=S(=O)(Nc1ccncc1)c1ccc(Br)cc1Br. The van der Waals surface area contributed by atoms with Gasteiger partial charge in [0.15, 0.2) is 0 Å². The minimum Gasteiger partial charge on any atom is -0.279 e. The average molecular weight is 392 g/mol. The maximum absolute atomic E-state index is 12.2. The second kappa shape index (κ2) is 5.38. The van der Waals surface area contributed by atoms with Crippen LogP contribution < -0.4 is 4.72 Å². The number of nitrogens with zero attached hydrogens (tertiary/aromatic N) is 1. The van der Waals surface area contributed by atoms with Crippen LogP contribution in [0.25, 0.3) is 0 Å². The molecule has 2 rings (SSSR count). The van der Waals surface area contributed by atoms with Crippen LogP contribution in [0.2, 0.25) is 0 Å². The Hall–Kier alpha value is -0.920. The number of rotatable bonds is 3. The number of aromatic nitrogens is 1. The third-order valence-electron chi connectivity index (χ3n) is 2.12. The average Bonchev–Trinajstić information content (AvgIpc) is 2.29. The molecule has 0 saturated carbocycles. The predicted octanol–water partition coefficient (Wildman–Crippen LogP) is 3.41. The van der Waals surface area contributed by atoms with Crippen LogP contribution in [0.5, 0.6) is 0 Å². The summed E-state index contributed by atoms with van der Waals surface area (Å²) in [7, 11) is -3.61. The lowest BCUT2D eigenvalue weighted by Crippen LogP contribution is -2.13. The van der Waals surface area contributed by atoms with Crippen molar-refractivity contribution in [1.82, 2.24) is 4.98 Å². The Morgan fingerprint density at radius 3 is 2.33 bits per heavy atom. The van der Waals surface area contributed by atoms with E-state index >= 15 is 0 Å². The van der Waals surface area contributed by atoms with Crippen molar-refractivity contribution in [2.24, 2.45) is 0 Å². The lowest BCUT2D eigenvalue weighted by Gasteiger charge is -2.09. The van der Waals surface area contributed by atoms with Gasteiger partial charge in [0.05, 0.1) is 5.69 Å². The van der Waals surface area contributed by atoms with E-state index in [0.717, 1.165) is 4.47 Å². The van der Waals surface area contributed by atoms with Crippen LogP contribution in [0.4, 0.5) is 5.69 Å². The van der Waals surface area contributed by atoms with Gasteiger partial charge in [0.1, 0.15) is 4.90 Å². The molecule has 0 spiro atoms. The Bertz CT molecular complexity index is 660. The lowest BCUT2D eigenvalue weighted by atomic mass is 10.4. The van der Waals surface area contributed by atoms with Crippen LogP contribution >= 0.6 is 31.9 Å². The third-order valence-corrected chi connectivity index (χ3v) is 4.97. The minimum absolute atomic E-state index is 0.183. The van der Waals surface area contributed by atoms with Crippen LogP contribution in [0, 0.1) is 0 Å². The van der Waals surface area contributed by atoms with Crippen LogP contribution in [-0.4, -0.2) is 13.4 Å². The molecule has 0 unspecified atom stereocenters. The van der Waals surface area contributed by atoms with Crippen molar-refractivity contribution >= 4 is 47.6 Å². The fraction of sp³-hybridized carbons (Fsp3) is 0. The van der Waals surface area contributed by atoms with Crippen molar-refractivity contribution in [3.05, 3.63) is 51.7 Å². The van der Waals surface area contributed by atoms with Gasteiger partial charge in [0.2, 0.25) is 0 Å². The second-order valence-electron chi connectivity index (χ2n) is 3.42. The molecule has 4 nitrogen and oxygen atoms in total. The molecule has 1 aromatic carbocycles. The van der Waals surface area contributed by atoms with Crippen LogP contribution in [0.1, 0.15) is 0 Å². The van der Waals surface area contributed by atoms with E-state index in [0.29, 0.717) is 10.2 Å². The minimum atomic E-state index is -3.61. The maximum atomic E-state index is 12.2. The summed E-state index contributed by atoms with van der Waals surface area (Å²) in [6.07, 6.45) is 3.04. The first-order chi connectivity index (χ1) is 8.49. The van der Waals surface area contributed by atoms with Gasteiger partial charge in [-0.05, 0) is 46.3 Å². The summed E-state index contributed by atoms with van der Waals surface area (Å²) in [6.45, 7) is 0. The van der Waals surface area contributed by atoms with E-state index in [1.165, 1.54) is 18.5 Å².